The lowest BCUT2D eigenvalue weighted by Gasteiger charge is -2.39. The summed E-state index contributed by atoms with van der Waals surface area (Å²) in [5.74, 6) is 1.44. The SMILES string of the molecule is COc1cc(NC(=O)NC2CCC3OCCOC3C2)cc(OC)c1OC. The van der Waals surface area contributed by atoms with Crippen LogP contribution in [-0.4, -0.2) is 58.8 Å². The lowest BCUT2D eigenvalue weighted by molar-refractivity contribution is -0.157. The Morgan fingerprint density at radius 2 is 1.65 bits per heavy atom. The van der Waals surface area contributed by atoms with Crippen LogP contribution in [0.1, 0.15) is 19.3 Å². The van der Waals surface area contributed by atoms with E-state index in [-0.39, 0.29) is 24.3 Å². The minimum atomic E-state index is -0.278. The molecule has 1 aromatic rings. The highest BCUT2D eigenvalue weighted by Gasteiger charge is 2.34. The lowest BCUT2D eigenvalue weighted by Crippen LogP contribution is -2.50. The van der Waals surface area contributed by atoms with Gasteiger partial charge in [0, 0.05) is 18.2 Å². The minimum absolute atomic E-state index is 0.0555. The van der Waals surface area contributed by atoms with E-state index < -0.39 is 0 Å². The molecule has 0 spiro atoms. The van der Waals surface area contributed by atoms with Crippen molar-refractivity contribution in [3.8, 4) is 17.2 Å². The molecule has 2 N–H and O–H groups in total. The molecule has 3 atom stereocenters. The first-order chi connectivity index (χ1) is 12.6. The molecule has 1 saturated heterocycles. The number of benzene rings is 1. The number of nitrogens with one attached hydrogen (secondary N) is 2. The molecule has 1 aromatic carbocycles. The highest BCUT2D eigenvalue weighted by atomic mass is 16.6. The number of methoxy groups -OCH3 is 3. The first-order valence-corrected chi connectivity index (χ1v) is 8.75. The van der Waals surface area contributed by atoms with E-state index >= 15 is 0 Å². The third kappa shape index (κ3) is 4.13. The van der Waals surface area contributed by atoms with Gasteiger partial charge in [0.25, 0.3) is 0 Å². The third-order valence-corrected chi connectivity index (χ3v) is 4.74. The van der Waals surface area contributed by atoms with Gasteiger partial charge in [-0.05, 0) is 19.3 Å². The highest BCUT2D eigenvalue weighted by molar-refractivity contribution is 5.90. The summed E-state index contributed by atoms with van der Waals surface area (Å²) in [6.45, 7) is 1.27. The summed E-state index contributed by atoms with van der Waals surface area (Å²) in [6.07, 6.45) is 2.73. The quantitative estimate of drug-likeness (QED) is 0.830. The van der Waals surface area contributed by atoms with Gasteiger partial charge in [-0.1, -0.05) is 0 Å². The van der Waals surface area contributed by atoms with Crippen LogP contribution in [-0.2, 0) is 9.47 Å². The standard InChI is InChI=1S/C18H26N2O6/c1-22-15-9-12(10-16(23-2)17(15)24-3)20-18(21)19-11-4-5-13-14(8-11)26-7-6-25-13/h9-11,13-14H,4-8H2,1-3H3,(H2,19,20,21). The van der Waals surface area contributed by atoms with Crippen molar-refractivity contribution in [2.75, 3.05) is 39.9 Å². The fourth-order valence-electron chi connectivity index (χ4n) is 3.50. The van der Waals surface area contributed by atoms with E-state index in [1.807, 2.05) is 0 Å². The number of hydrogen-bond acceptors (Lipinski definition) is 6. The number of fused-ring (bicyclic) bond motifs is 1. The molecule has 144 valence electrons. The number of rotatable bonds is 5. The maximum Gasteiger partial charge on any atom is 0.319 e. The molecule has 1 heterocycles. The average molecular weight is 366 g/mol. The average Bonchev–Trinajstić information content (AvgIpc) is 2.66. The van der Waals surface area contributed by atoms with Crippen LogP contribution in [0.5, 0.6) is 17.2 Å². The summed E-state index contributed by atoms with van der Waals surface area (Å²) in [4.78, 5) is 12.4. The first kappa shape index (κ1) is 18.6. The zero-order valence-electron chi connectivity index (χ0n) is 15.4. The molecule has 0 aromatic heterocycles. The fraction of sp³-hybridized carbons (Fsp3) is 0.611. The van der Waals surface area contributed by atoms with Crippen LogP contribution in [0.2, 0.25) is 0 Å². The molecule has 2 amide bonds. The Morgan fingerprint density at radius 3 is 2.27 bits per heavy atom. The normalized spacial score (nSPS) is 25.0. The second-order valence-electron chi connectivity index (χ2n) is 6.34. The predicted molar refractivity (Wildman–Crippen MR) is 95.4 cm³/mol. The molecule has 1 aliphatic carbocycles. The van der Waals surface area contributed by atoms with Crippen molar-refractivity contribution in [1.29, 1.82) is 0 Å². The Hall–Kier alpha value is -2.19. The van der Waals surface area contributed by atoms with Crippen molar-refractivity contribution in [1.82, 2.24) is 5.32 Å². The second kappa shape index (κ2) is 8.46. The van der Waals surface area contributed by atoms with Crippen molar-refractivity contribution in [3.05, 3.63) is 12.1 Å². The van der Waals surface area contributed by atoms with E-state index in [0.29, 0.717) is 36.1 Å². The van der Waals surface area contributed by atoms with E-state index in [2.05, 4.69) is 10.6 Å². The van der Waals surface area contributed by atoms with E-state index in [9.17, 15) is 4.79 Å². The zero-order chi connectivity index (χ0) is 18.5. The molecule has 26 heavy (non-hydrogen) atoms. The van der Waals surface area contributed by atoms with Gasteiger partial charge in [-0.15, -0.1) is 0 Å². The van der Waals surface area contributed by atoms with Crippen LogP contribution >= 0.6 is 0 Å². The van der Waals surface area contributed by atoms with E-state index in [0.717, 1.165) is 19.3 Å². The van der Waals surface area contributed by atoms with E-state index in [1.165, 1.54) is 21.3 Å². The Balaban J connectivity index is 1.61. The van der Waals surface area contributed by atoms with Crippen molar-refractivity contribution in [2.24, 2.45) is 0 Å². The number of amides is 2. The molecular formula is C18H26N2O6. The van der Waals surface area contributed by atoms with Crippen molar-refractivity contribution in [3.63, 3.8) is 0 Å². The number of hydrogen-bond donors (Lipinski definition) is 2. The Morgan fingerprint density at radius 1 is 1.00 bits per heavy atom. The Labute approximate surface area is 153 Å². The van der Waals surface area contributed by atoms with Gasteiger partial charge in [0.05, 0.1) is 52.4 Å². The topological polar surface area (TPSA) is 87.3 Å². The largest absolute Gasteiger partial charge is 0.493 e. The van der Waals surface area contributed by atoms with Crippen LogP contribution in [0.4, 0.5) is 10.5 Å². The summed E-state index contributed by atoms with van der Waals surface area (Å²) in [7, 11) is 4.60. The van der Waals surface area contributed by atoms with Crippen LogP contribution in [0.15, 0.2) is 12.1 Å². The van der Waals surface area contributed by atoms with Gasteiger partial charge in [-0.3, -0.25) is 0 Å². The molecule has 1 aliphatic heterocycles. The summed E-state index contributed by atoms with van der Waals surface area (Å²) >= 11 is 0. The lowest BCUT2D eigenvalue weighted by atomic mass is 9.90. The molecule has 3 unspecified atom stereocenters. The molecule has 1 saturated carbocycles. The minimum Gasteiger partial charge on any atom is -0.493 e. The van der Waals surface area contributed by atoms with Crippen molar-refractivity contribution < 1.29 is 28.5 Å². The van der Waals surface area contributed by atoms with Gasteiger partial charge in [0.15, 0.2) is 11.5 Å². The summed E-state index contributed by atoms with van der Waals surface area (Å²) < 4.78 is 27.4. The maximum absolute atomic E-state index is 12.4. The number of carbonyl (C=O) groups is 1. The molecule has 8 nitrogen and oxygen atoms in total. The van der Waals surface area contributed by atoms with Crippen LogP contribution in [0, 0.1) is 0 Å². The fourth-order valence-corrected chi connectivity index (χ4v) is 3.50. The van der Waals surface area contributed by atoms with Crippen molar-refractivity contribution >= 4 is 11.7 Å². The van der Waals surface area contributed by atoms with E-state index in [1.54, 1.807) is 12.1 Å². The molecule has 8 heteroatoms. The molecule has 2 aliphatic rings. The zero-order valence-corrected chi connectivity index (χ0v) is 15.4. The van der Waals surface area contributed by atoms with Gasteiger partial charge >= 0.3 is 6.03 Å². The molecule has 0 bridgehead atoms. The molecule has 2 fully saturated rings. The maximum atomic E-state index is 12.4. The number of anilines is 1. The van der Waals surface area contributed by atoms with Crippen molar-refractivity contribution in [2.45, 2.75) is 37.5 Å². The molecular weight excluding hydrogens is 340 g/mol. The van der Waals surface area contributed by atoms with Gasteiger partial charge in [-0.25, -0.2) is 4.79 Å². The third-order valence-electron chi connectivity index (χ3n) is 4.74. The summed E-state index contributed by atoms with van der Waals surface area (Å²) in [6, 6.07) is 3.16. The van der Waals surface area contributed by atoms with Gasteiger partial charge in [0.2, 0.25) is 5.75 Å². The van der Waals surface area contributed by atoms with Crippen LogP contribution in [0.3, 0.4) is 0 Å². The van der Waals surface area contributed by atoms with Gasteiger partial charge in [0.1, 0.15) is 0 Å². The predicted octanol–water partition coefficient (Wildman–Crippen LogP) is 2.17. The number of urea groups is 1. The van der Waals surface area contributed by atoms with Crippen LogP contribution in [0.25, 0.3) is 0 Å². The molecule has 0 radical (unpaired) electrons. The van der Waals surface area contributed by atoms with Crippen LogP contribution < -0.4 is 24.8 Å². The second-order valence-corrected chi connectivity index (χ2v) is 6.34. The summed E-state index contributed by atoms with van der Waals surface area (Å²) in [5, 5.41) is 5.83. The number of ether oxygens (including phenoxy) is 5. The number of carbonyl (C=O) groups excluding carboxylic acids is 1. The first-order valence-electron chi connectivity index (χ1n) is 8.75. The Kier molecular flexibility index (Phi) is 6.05. The Bertz CT molecular complexity index is 613. The smallest absolute Gasteiger partial charge is 0.319 e. The van der Waals surface area contributed by atoms with Gasteiger partial charge in [-0.2, -0.15) is 0 Å². The monoisotopic (exact) mass is 366 g/mol. The van der Waals surface area contributed by atoms with E-state index in [4.69, 9.17) is 23.7 Å². The van der Waals surface area contributed by atoms with Gasteiger partial charge < -0.3 is 34.3 Å². The summed E-state index contributed by atoms with van der Waals surface area (Å²) in [5.41, 5.74) is 0.558. The molecule has 3 rings (SSSR count). The highest BCUT2D eigenvalue weighted by Crippen LogP contribution is 2.39.